The Morgan fingerprint density at radius 1 is 1.25 bits per heavy atom. The Labute approximate surface area is 70.1 Å². The Hall–Kier alpha value is -0.530. The summed E-state index contributed by atoms with van der Waals surface area (Å²) in [6, 6.07) is 0. The second-order valence-corrected chi connectivity index (χ2v) is 2.25. The van der Waals surface area contributed by atoms with Gasteiger partial charge in [-0.1, -0.05) is 0 Å². The van der Waals surface area contributed by atoms with Gasteiger partial charge in [0.25, 0.3) is 0 Å². The molecular weight excluding hydrogens is 169 g/mol. The molecule has 0 spiro atoms. The van der Waals surface area contributed by atoms with E-state index in [1.165, 1.54) is 0 Å². The van der Waals surface area contributed by atoms with E-state index in [-0.39, 0.29) is 6.29 Å². The van der Waals surface area contributed by atoms with Crippen LogP contribution in [0.4, 0.5) is 0 Å². The third-order valence-electron chi connectivity index (χ3n) is 1.34. The van der Waals surface area contributed by atoms with Crippen LogP contribution < -0.4 is 0 Å². The zero-order valence-corrected chi connectivity index (χ0v) is 6.11. The summed E-state index contributed by atoms with van der Waals surface area (Å²) in [4.78, 5) is 9.93. The highest BCUT2D eigenvalue weighted by Crippen LogP contribution is 2.02. The number of carbonyl (C=O) groups excluding carboxylic acids is 1. The minimum Gasteiger partial charge on any atom is -0.394 e. The summed E-state index contributed by atoms with van der Waals surface area (Å²) in [7, 11) is 0. The van der Waals surface area contributed by atoms with Crippen LogP contribution in [0, 0.1) is 0 Å². The summed E-state index contributed by atoms with van der Waals surface area (Å²) < 4.78 is 6.57. The lowest BCUT2D eigenvalue weighted by Gasteiger charge is -2.22. The lowest BCUT2D eigenvalue weighted by molar-refractivity contribution is -0.136. The second kappa shape index (κ2) is 5.18. The van der Waals surface area contributed by atoms with Crippen LogP contribution in [0.25, 0.3) is 0 Å². The normalized spacial score (nSPS) is 24.9. The van der Waals surface area contributed by atoms with Gasteiger partial charge >= 0.3 is 0 Å². The monoisotopic (exact) mass is 182 g/mol. The number of carbonyl (C=O) groups is 1. The first-order chi connectivity index (χ1) is 5.91. The molecule has 0 aromatic carbocycles. The first-order valence-electron chi connectivity index (χ1n) is 3.77. The number of aliphatic hydroxyl groups is 5. The Bertz CT molecular complexity index is 163. The van der Waals surface area contributed by atoms with E-state index < -0.39 is 31.0 Å². The predicted molar refractivity (Wildman–Crippen MR) is 37.2 cm³/mol. The molecule has 5 N–H and O–H groups in total. The van der Waals surface area contributed by atoms with Crippen molar-refractivity contribution in [2.45, 2.75) is 24.4 Å². The lowest BCUT2D eigenvalue weighted by atomic mass is 10.1. The Kier molecular flexibility index (Phi) is 4.12. The molecule has 12 heavy (non-hydrogen) atoms. The number of aldehydes is 1. The van der Waals surface area contributed by atoms with Crippen molar-refractivity contribution in [3.8, 4) is 0 Å². The van der Waals surface area contributed by atoms with Gasteiger partial charge in [-0.05, 0) is 0 Å². The highest BCUT2D eigenvalue weighted by Gasteiger charge is 2.29. The van der Waals surface area contributed by atoms with Gasteiger partial charge in [0.15, 0.2) is 6.29 Å². The largest absolute Gasteiger partial charge is 0.394 e. The van der Waals surface area contributed by atoms with Gasteiger partial charge < -0.3 is 30.3 Å². The summed E-state index contributed by atoms with van der Waals surface area (Å²) in [5.74, 6) is 0. The molecule has 0 aliphatic carbocycles. The predicted octanol–water partition coefficient (Wildman–Crippen LogP) is -3.38. The second-order valence-electron chi connectivity index (χ2n) is 2.25. The van der Waals surface area contributed by atoms with Gasteiger partial charge in [0.1, 0.15) is 24.4 Å². The van der Waals surface area contributed by atoms with Crippen molar-refractivity contribution in [2.75, 3.05) is 6.58 Å². The minimum absolute atomic E-state index is 0.0308. The van der Waals surface area contributed by atoms with Crippen LogP contribution in [0.2, 0.25) is 0 Å². The zero-order valence-electron chi connectivity index (χ0n) is 7.11. The van der Waals surface area contributed by atoms with Gasteiger partial charge in [-0.15, -0.1) is 0 Å². The maximum atomic E-state index is 9.93. The van der Waals surface area contributed by atoms with Crippen molar-refractivity contribution < 1.29 is 31.7 Å². The highest BCUT2D eigenvalue weighted by molar-refractivity contribution is 5.56. The van der Waals surface area contributed by atoms with Crippen molar-refractivity contribution in [3.05, 3.63) is 0 Å². The molecule has 0 aromatic rings. The third-order valence-corrected chi connectivity index (χ3v) is 1.34. The molecule has 1 unspecified atom stereocenters. The van der Waals surface area contributed by atoms with Gasteiger partial charge in [-0.3, -0.25) is 0 Å². The van der Waals surface area contributed by atoms with E-state index in [2.05, 4.69) is 0 Å². The number of hydrogen-bond donors (Lipinski definition) is 5. The number of aliphatic hydroxyl groups excluding tert-OH is 5. The molecule has 0 rings (SSSR count). The van der Waals surface area contributed by atoms with E-state index in [9.17, 15) is 4.79 Å². The molecule has 0 aliphatic rings. The number of hydrogen-bond acceptors (Lipinski definition) is 6. The first-order valence-corrected chi connectivity index (χ1v) is 3.19. The van der Waals surface area contributed by atoms with Crippen LogP contribution in [0.5, 0.6) is 0 Å². The van der Waals surface area contributed by atoms with E-state index in [4.69, 9.17) is 26.9 Å². The van der Waals surface area contributed by atoms with Crippen LogP contribution >= 0.6 is 0 Å². The summed E-state index contributed by atoms with van der Waals surface area (Å²) in [5.41, 5.74) is 0. The summed E-state index contributed by atoms with van der Waals surface area (Å²) in [5, 5.41) is 43.9. The highest BCUT2D eigenvalue weighted by atomic mass is 16.4. The lowest BCUT2D eigenvalue weighted by Crippen LogP contribution is -2.46. The molecular formula is C6H12O6. The van der Waals surface area contributed by atoms with Gasteiger partial charge in [-0.2, -0.15) is 0 Å². The van der Waals surface area contributed by atoms with Crippen LogP contribution in [0.1, 0.15) is 1.37 Å². The van der Waals surface area contributed by atoms with Crippen molar-refractivity contribution in [2.24, 2.45) is 0 Å². The molecule has 0 amide bonds. The minimum atomic E-state index is -2.01. The van der Waals surface area contributed by atoms with Crippen LogP contribution in [-0.4, -0.2) is 62.8 Å². The molecule has 0 radical (unpaired) electrons. The average Bonchev–Trinajstić information content (AvgIpc) is 2.12. The quantitative estimate of drug-likeness (QED) is 0.223. The SMILES string of the molecule is [2H][13CH](O)[C@@H](O)[C@@H](O)[C@H](O)[C@@H](O)C=O. The molecule has 0 aromatic heterocycles. The van der Waals surface area contributed by atoms with E-state index in [1.54, 1.807) is 0 Å². The zero-order chi connectivity index (χ0) is 10.6. The van der Waals surface area contributed by atoms with Crippen molar-refractivity contribution in [1.82, 2.24) is 0 Å². The summed E-state index contributed by atoms with van der Waals surface area (Å²) in [6.45, 7) is -2.01. The molecule has 0 saturated heterocycles. The maximum Gasteiger partial charge on any atom is 0.151 e. The Morgan fingerprint density at radius 2 is 1.75 bits per heavy atom. The molecule has 0 aliphatic heterocycles. The molecule has 6 nitrogen and oxygen atoms in total. The van der Waals surface area contributed by atoms with E-state index in [1.807, 2.05) is 0 Å². The van der Waals surface area contributed by atoms with E-state index >= 15 is 0 Å². The number of rotatable bonds is 5. The molecule has 5 atom stereocenters. The standard InChI is InChI=1S/C6H12O6/c7-1-3(9)5(11)6(12)4(10)2-8/h1,3-6,8-12H,2H2/t3-,4+,5+,6+/m0/s1/i2+1D/t2?,3-,4+,5+,6+. The topological polar surface area (TPSA) is 118 Å². The molecule has 0 bridgehead atoms. The molecule has 0 heterocycles. The fourth-order valence-corrected chi connectivity index (χ4v) is 0.573. The summed E-state index contributed by atoms with van der Waals surface area (Å²) >= 11 is 0. The maximum absolute atomic E-state index is 9.93. The van der Waals surface area contributed by atoms with Crippen LogP contribution in [-0.2, 0) is 4.79 Å². The fraction of sp³-hybridized carbons (Fsp3) is 0.833. The van der Waals surface area contributed by atoms with E-state index in [0.29, 0.717) is 0 Å². The van der Waals surface area contributed by atoms with Gasteiger partial charge in [0.2, 0.25) is 0 Å². The fourth-order valence-electron chi connectivity index (χ4n) is 0.573. The van der Waals surface area contributed by atoms with Crippen molar-refractivity contribution in [3.63, 3.8) is 0 Å². The molecule has 72 valence electrons. The molecule has 0 saturated carbocycles. The first kappa shape index (κ1) is 9.56. The Morgan fingerprint density at radius 3 is 2.08 bits per heavy atom. The van der Waals surface area contributed by atoms with Crippen LogP contribution in [0.15, 0.2) is 0 Å². The molecule has 0 fully saturated rings. The van der Waals surface area contributed by atoms with Gasteiger partial charge in [0, 0.05) is 0 Å². The smallest absolute Gasteiger partial charge is 0.151 e. The van der Waals surface area contributed by atoms with Crippen molar-refractivity contribution >= 4 is 6.29 Å². The summed E-state index contributed by atoms with van der Waals surface area (Å²) in [6.07, 6.45) is -7.70. The van der Waals surface area contributed by atoms with Crippen molar-refractivity contribution in [1.29, 1.82) is 0 Å². The average molecular weight is 182 g/mol. The Balaban J connectivity index is 4.23. The van der Waals surface area contributed by atoms with Gasteiger partial charge in [-0.25, -0.2) is 0 Å². The molecule has 6 heteroatoms. The van der Waals surface area contributed by atoms with E-state index in [0.717, 1.165) is 0 Å². The van der Waals surface area contributed by atoms with Gasteiger partial charge in [0.05, 0.1) is 7.95 Å². The third kappa shape index (κ3) is 2.84. The van der Waals surface area contributed by atoms with Crippen LogP contribution in [0.3, 0.4) is 0 Å².